The molecule has 3 aromatic rings. The van der Waals surface area contributed by atoms with E-state index in [4.69, 9.17) is 16.3 Å². The van der Waals surface area contributed by atoms with Crippen molar-refractivity contribution in [1.82, 2.24) is 15.0 Å². The topological polar surface area (TPSA) is 86.1 Å². The largest absolute Gasteiger partial charge is 0.452 e. The van der Waals surface area contributed by atoms with Crippen molar-refractivity contribution in [2.24, 2.45) is 0 Å². The molecular formula is C18H17ClN4O3. The van der Waals surface area contributed by atoms with Crippen LogP contribution in [0.3, 0.4) is 0 Å². The number of anilines is 1. The van der Waals surface area contributed by atoms with E-state index in [2.05, 4.69) is 15.6 Å². The number of amides is 1. The molecule has 0 radical (unpaired) electrons. The summed E-state index contributed by atoms with van der Waals surface area (Å²) in [6.07, 6.45) is 0. The van der Waals surface area contributed by atoms with Gasteiger partial charge in [0.05, 0.1) is 11.1 Å². The molecule has 1 amide bonds. The maximum Gasteiger partial charge on any atom is 0.338 e. The summed E-state index contributed by atoms with van der Waals surface area (Å²) in [5, 5.41) is 11.2. The fraction of sp³-hybridized carbons (Fsp3) is 0.222. The predicted molar refractivity (Wildman–Crippen MR) is 98.3 cm³/mol. The molecule has 0 aliphatic rings. The van der Waals surface area contributed by atoms with Crippen molar-refractivity contribution >= 4 is 40.2 Å². The van der Waals surface area contributed by atoms with Crippen molar-refractivity contribution in [2.45, 2.75) is 20.4 Å². The molecule has 1 aromatic heterocycles. The minimum Gasteiger partial charge on any atom is -0.452 e. The summed E-state index contributed by atoms with van der Waals surface area (Å²) in [4.78, 5) is 24.1. The molecule has 0 bridgehead atoms. The van der Waals surface area contributed by atoms with Crippen LogP contribution in [-0.4, -0.2) is 33.5 Å². The molecule has 0 aliphatic heterocycles. The lowest BCUT2D eigenvalue weighted by Crippen LogP contribution is -2.21. The summed E-state index contributed by atoms with van der Waals surface area (Å²) in [7, 11) is 0. The molecule has 8 heteroatoms. The molecule has 134 valence electrons. The second-order valence-corrected chi connectivity index (χ2v) is 6.10. The van der Waals surface area contributed by atoms with E-state index in [0.29, 0.717) is 28.3 Å². The second kappa shape index (κ2) is 7.53. The molecule has 0 saturated carbocycles. The monoisotopic (exact) mass is 372 g/mol. The molecule has 0 saturated heterocycles. The normalized spacial score (nSPS) is 10.7. The number of aryl methyl sites for hydroxylation is 2. The molecule has 0 aliphatic carbocycles. The number of benzene rings is 2. The zero-order chi connectivity index (χ0) is 18.7. The third kappa shape index (κ3) is 3.83. The van der Waals surface area contributed by atoms with Crippen LogP contribution in [0.15, 0.2) is 36.4 Å². The van der Waals surface area contributed by atoms with Crippen LogP contribution in [0, 0.1) is 6.92 Å². The first kappa shape index (κ1) is 17.9. The van der Waals surface area contributed by atoms with E-state index in [1.807, 2.05) is 13.8 Å². The van der Waals surface area contributed by atoms with Crippen LogP contribution in [0.25, 0.3) is 11.0 Å². The van der Waals surface area contributed by atoms with Gasteiger partial charge in [0.15, 0.2) is 6.61 Å². The fourth-order valence-corrected chi connectivity index (χ4v) is 2.60. The molecule has 3 rings (SSSR count). The number of hydrogen-bond donors (Lipinski definition) is 1. The van der Waals surface area contributed by atoms with Crippen LogP contribution < -0.4 is 5.32 Å². The summed E-state index contributed by atoms with van der Waals surface area (Å²) in [5.41, 5.74) is 3.19. The highest BCUT2D eigenvalue weighted by Crippen LogP contribution is 2.20. The van der Waals surface area contributed by atoms with Gasteiger partial charge in [0.25, 0.3) is 5.91 Å². The van der Waals surface area contributed by atoms with E-state index in [-0.39, 0.29) is 0 Å². The first-order chi connectivity index (χ1) is 12.5. The molecule has 0 unspecified atom stereocenters. The number of aromatic nitrogens is 3. The summed E-state index contributed by atoms with van der Waals surface area (Å²) in [6.45, 7) is 4.11. The Kier molecular flexibility index (Phi) is 5.18. The van der Waals surface area contributed by atoms with Crippen molar-refractivity contribution in [2.75, 3.05) is 11.9 Å². The third-order valence-electron chi connectivity index (χ3n) is 3.84. The van der Waals surface area contributed by atoms with Crippen LogP contribution in [0.4, 0.5) is 5.69 Å². The van der Waals surface area contributed by atoms with Crippen molar-refractivity contribution in [3.63, 3.8) is 0 Å². The number of esters is 1. The first-order valence-corrected chi connectivity index (χ1v) is 8.42. The van der Waals surface area contributed by atoms with Gasteiger partial charge in [-0.05, 0) is 49.7 Å². The Morgan fingerprint density at radius 2 is 2.04 bits per heavy atom. The summed E-state index contributed by atoms with van der Waals surface area (Å²) in [5.74, 6) is -1.05. The minimum absolute atomic E-state index is 0.312. The van der Waals surface area contributed by atoms with Gasteiger partial charge >= 0.3 is 5.97 Å². The van der Waals surface area contributed by atoms with E-state index in [9.17, 15) is 9.59 Å². The smallest absolute Gasteiger partial charge is 0.338 e. The van der Waals surface area contributed by atoms with Gasteiger partial charge in [-0.3, -0.25) is 4.79 Å². The van der Waals surface area contributed by atoms with Gasteiger partial charge in [0.2, 0.25) is 0 Å². The number of rotatable bonds is 5. The summed E-state index contributed by atoms with van der Waals surface area (Å²) < 4.78 is 6.79. The zero-order valence-electron chi connectivity index (χ0n) is 14.3. The highest BCUT2D eigenvalue weighted by atomic mass is 35.5. The zero-order valence-corrected chi connectivity index (χ0v) is 15.1. The van der Waals surface area contributed by atoms with Gasteiger partial charge < -0.3 is 10.1 Å². The molecule has 0 fully saturated rings. The lowest BCUT2D eigenvalue weighted by Gasteiger charge is -2.08. The van der Waals surface area contributed by atoms with Crippen molar-refractivity contribution < 1.29 is 14.3 Å². The van der Waals surface area contributed by atoms with Gasteiger partial charge in [-0.25, -0.2) is 9.48 Å². The lowest BCUT2D eigenvalue weighted by molar-refractivity contribution is -0.119. The average Bonchev–Trinajstić information content (AvgIpc) is 3.05. The van der Waals surface area contributed by atoms with Crippen LogP contribution in [0.1, 0.15) is 22.8 Å². The van der Waals surface area contributed by atoms with Gasteiger partial charge in [-0.15, -0.1) is 5.10 Å². The SMILES string of the molecule is CCn1nnc2cc(C(=O)OCC(=O)Nc3ccc(C)c(Cl)c3)ccc21. The molecule has 0 spiro atoms. The quantitative estimate of drug-likeness (QED) is 0.695. The molecule has 1 N–H and O–H groups in total. The second-order valence-electron chi connectivity index (χ2n) is 5.70. The third-order valence-corrected chi connectivity index (χ3v) is 4.25. The Hall–Kier alpha value is -2.93. The molecule has 2 aromatic carbocycles. The van der Waals surface area contributed by atoms with Crippen molar-refractivity contribution in [3.05, 3.63) is 52.5 Å². The molecule has 26 heavy (non-hydrogen) atoms. The number of ether oxygens (including phenoxy) is 1. The van der Waals surface area contributed by atoms with Crippen LogP contribution in [0.2, 0.25) is 5.02 Å². The van der Waals surface area contributed by atoms with Crippen LogP contribution >= 0.6 is 11.6 Å². The van der Waals surface area contributed by atoms with E-state index < -0.39 is 18.5 Å². The number of carbonyl (C=O) groups is 2. The first-order valence-electron chi connectivity index (χ1n) is 8.04. The number of fused-ring (bicyclic) bond motifs is 1. The van der Waals surface area contributed by atoms with Gasteiger partial charge in [0.1, 0.15) is 5.52 Å². The Morgan fingerprint density at radius 1 is 1.23 bits per heavy atom. The van der Waals surface area contributed by atoms with Crippen LogP contribution in [-0.2, 0) is 16.1 Å². The van der Waals surface area contributed by atoms with Gasteiger partial charge in [-0.1, -0.05) is 22.9 Å². The highest BCUT2D eigenvalue weighted by molar-refractivity contribution is 6.31. The molecule has 1 heterocycles. The van der Waals surface area contributed by atoms with Crippen LogP contribution in [0.5, 0.6) is 0 Å². The fourth-order valence-electron chi connectivity index (χ4n) is 2.41. The number of nitrogens with one attached hydrogen (secondary N) is 1. The van der Waals surface area contributed by atoms with Crippen molar-refractivity contribution in [1.29, 1.82) is 0 Å². The van der Waals surface area contributed by atoms with Gasteiger partial charge in [-0.2, -0.15) is 0 Å². The molecule has 0 atom stereocenters. The summed E-state index contributed by atoms with van der Waals surface area (Å²) >= 11 is 6.02. The summed E-state index contributed by atoms with van der Waals surface area (Å²) in [6, 6.07) is 10.1. The highest BCUT2D eigenvalue weighted by Gasteiger charge is 2.13. The standard InChI is InChI=1S/C18H17ClN4O3/c1-3-23-16-7-5-12(8-15(16)21-22-23)18(25)26-10-17(24)20-13-6-4-11(2)14(19)9-13/h4-9H,3,10H2,1-2H3,(H,20,24). The Bertz CT molecular complexity index is 984. The minimum atomic E-state index is -0.602. The van der Waals surface area contributed by atoms with E-state index >= 15 is 0 Å². The Labute approximate surface area is 154 Å². The van der Waals surface area contributed by atoms with E-state index in [1.54, 1.807) is 41.1 Å². The number of carbonyl (C=O) groups excluding carboxylic acids is 2. The number of hydrogen-bond acceptors (Lipinski definition) is 5. The average molecular weight is 373 g/mol. The van der Waals surface area contributed by atoms with E-state index in [0.717, 1.165) is 11.1 Å². The van der Waals surface area contributed by atoms with Gasteiger partial charge in [0, 0.05) is 17.3 Å². The number of nitrogens with zero attached hydrogens (tertiary/aromatic N) is 3. The maximum absolute atomic E-state index is 12.1. The number of halogens is 1. The van der Waals surface area contributed by atoms with E-state index in [1.165, 1.54) is 0 Å². The Balaban J connectivity index is 1.61. The maximum atomic E-state index is 12.1. The van der Waals surface area contributed by atoms with Crippen molar-refractivity contribution in [3.8, 4) is 0 Å². The lowest BCUT2D eigenvalue weighted by atomic mass is 10.2. The molecular weight excluding hydrogens is 356 g/mol. The molecule has 7 nitrogen and oxygen atoms in total. The Morgan fingerprint density at radius 3 is 2.77 bits per heavy atom. The predicted octanol–water partition coefficient (Wildman–Crippen LogP) is 3.21.